The average molecular weight is 281 g/mol. The first-order valence-electron chi connectivity index (χ1n) is 8.68. The van der Waals surface area contributed by atoms with Crippen LogP contribution >= 0.6 is 0 Å². The number of hydrogen-bond donors (Lipinski definition) is 1. The third kappa shape index (κ3) is 5.43. The Kier molecular flexibility index (Phi) is 8.20. The van der Waals surface area contributed by atoms with Gasteiger partial charge in [-0.15, -0.1) is 0 Å². The Morgan fingerprint density at radius 1 is 1.05 bits per heavy atom. The van der Waals surface area contributed by atoms with E-state index in [-0.39, 0.29) is 11.7 Å². The van der Waals surface area contributed by atoms with Crippen LogP contribution in [0.5, 0.6) is 0 Å². The average Bonchev–Trinajstić information content (AvgIpc) is 2.87. The highest BCUT2D eigenvalue weighted by molar-refractivity contribution is 5.59. The lowest BCUT2D eigenvalue weighted by atomic mass is 9.86. The van der Waals surface area contributed by atoms with Crippen molar-refractivity contribution < 1.29 is 0 Å². The quantitative estimate of drug-likeness (QED) is 0.573. The van der Waals surface area contributed by atoms with Crippen LogP contribution in [0.15, 0.2) is 4.99 Å². The van der Waals surface area contributed by atoms with E-state index >= 15 is 0 Å². The van der Waals surface area contributed by atoms with E-state index < -0.39 is 0 Å². The van der Waals surface area contributed by atoms with Crippen LogP contribution in [-0.4, -0.2) is 29.5 Å². The predicted molar refractivity (Wildman–Crippen MR) is 89.1 cm³/mol. The minimum Gasteiger partial charge on any atom is -0.340 e. The predicted octanol–water partition coefficient (Wildman–Crippen LogP) is 4.31. The Morgan fingerprint density at radius 3 is 2.00 bits per heavy atom. The normalized spacial score (nSPS) is 19.0. The zero-order valence-corrected chi connectivity index (χ0v) is 13.9. The molecule has 0 aromatic heterocycles. The molecule has 2 N–H and O–H groups in total. The van der Waals surface area contributed by atoms with Crippen LogP contribution in [0.25, 0.3) is 0 Å². The highest BCUT2D eigenvalue weighted by atomic mass is 15.3. The summed E-state index contributed by atoms with van der Waals surface area (Å²) in [7, 11) is 0. The molecule has 1 atom stereocenters. The van der Waals surface area contributed by atoms with Crippen molar-refractivity contribution in [1.29, 1.82) is 0 Å². The number of unbranched alkanes of at least 4 members (excludes halogenated alkanes) is 6. The van der Waals surface area contributed by atoms with Gasteiger partial charge in [0.05, 0.1) is 19.0 Å². The van der Waals surface area contributed by atoms with Crippen molar-refractivity contribution in [3.63, 3.8) is 0 Å². The number of nitrogens with zero attached hydrogens (tertiary/aromatic N) is 2. The highest BCUT2D eigenvalue weighted by Crippen LogP contribution is 2.30. The molecule has 0 aromatic rings. The Balaban J connectivity index is 2.50. The van der Waals surface area contributed by atoms with Crippen molar-refractivity contribution in [3.8, 4) is 0 Å². The second-order valence-electron chi connectivity index (χ2n) is 6.57. The molecule has 0 aromatic carbocycles. The smallest absolute Gasteiger partial charge is 0.0983 e. The van der Waals surface area contributed by atoms with Gasteiger partial charge in [0.25, 0.3) is 0 Å². The third-order valence-corrected chi connectivity index (χ3v) is 4.62. The molecule has 1 unspecified atom stereocenters. The highest BCUT2D eigenvalue weighted by Gasteiger charge is 2.34. The fourth-order valence-electron chi connectivity index (χ4n) is 3.20. The first kappa shape index (κ1) is 17.5. The van der Waals surface area contributed by atoms with Gasteiger partial charge in [-0.25, -0.2) is 0 Å². The standard InChI is InChI=1S/C17H35N3/c1-4-6-8-10-12-17(3,13-11-9-7-5-2)20-15-19-14-16(20)18/h15-16H,4-14,18H2,1-3H3. The van der Waals surface area contributed by atoms with Crippen molar-refractivity contribution in [2.45, 2.75) is 96.7 Å². The molecule has 1 aliphatic heterocycles. The summed E-state index contributed by atoms with van der Waals surface area (Å²) in [5.41, 5.74) is 6.44. The van der Waals surface area contributed by atoms with E-state index in [1.54, 1.807) is 0 Å². The molecule has 0 amide bonds. The summed E-state index contributed by atoms with van der Waals surface area (Å²) in [6.45, 7) is 7.70. The van der Waals surface area contributed by atoms with Gasteiger partial charge in [-0.1, -0.05) is 65.2 Å². The van der Waals surface area contributed by atoms with Crippen LogP contribution in [0.2, 0.25) is 0 Å². The van der Waals surface area contributed by atoms with Crippen molar-refractivity contribution in [1.82, 2.24) is 4.90 Å². The molecule has 1 rings (SSSR count). The number of hydrogen-bond acceptors (Lipinski definition) is 3. The van der Waals surface area contributed by atoms with Crippen LogP contribution < -0.4 is 5.73 Å². The van der Waals surface area contributed by atoms with Gasteiger partial charge in [-0.05, 0) is 19.8 Å². The molecule has 0 saturated carbocycles. The van der Waals surface area contributed by atoms with E-state index in [1.165, 1.54) is 64.2 Å². The van der Waals surface area contributed by atoms with E-state index in [0.717, 1.165) is 6.54 Å². The van der Waals surface area contributed by atoms with Crippen molar-refractivity contribution >= 4 is 6.34 Å². The van der Waals surface area contributed by atoms with Gasteiger partial charge in [0.15, 0.2) is 0 Å². The zero-order chi connectivity index (χ0) is 14.8. The second-order valence-corrected chi connectivity index (χ2v) is 6.57. The van der Waals surface area contributed by atoms with Crippen LogP contribution in [-0.2, 0) is 0 Å². The van der Waals surface area contributed by atoms with E-state index in [9.17, 15) is 0 Å². The first-order chi connectivity index (χ1) is 9.64. The minimum atomic E-state index is 0.0948. The molecule has 20 heavy (non-hydrogen) atoms. The molecule has 0 fully saturated rings. The summed E-state index contributed by atoms with van der Waals surface area (Å²) < 4.78 is 0. The van der Waals surface area contributed by atoms with Crippen LogP contribution in [0, 0.1) is 0 Å². The largest absolute Gasteiger partial charge is 0.340 e. The van der Waals surface area contributed by atoms with E-state index in [0.29, 0.717) is 0 Å². The van der Waals surface area contributed by atoms with Gasteiger partial charge in [0.2, 0.25) is 0 Å². The van der Waals surface area contributed by atoms with Gasteiger partial charge in [0.1, 0.15) is 0 Å². The fourth-order valence-corrected chi connectivity index (χ4v) is 3.20. The molecule has 0 spiro atoms. The summed E-state index contributed by atoms with van der Waals surface area (Å²) in [6.07, 6.45) is 15.2. The maximum absolute atomic E-state index is 6.23. The monoisotopic (exact) mass is 281 g/mol. The summed E-state index contributed by atoms with van der Waals surface area (Å²) in [6, 6.07) is 0. The fraction of sp³-hybridized carbons (Fsp3) is 0.941. The van der Waals surface area contributed by atoms with Gasteiger partial charge >= 0.3 is 0 Å². The van der Waals surface area contributed by atoms with Crippen molar-refractivity contribution in [2.24, 2.45) is 10.7 Å². The molecular formula is C17H35N3. The summed E-state index contributed by atoms with van der Waals surface area (Å²) in [4.78, 5) is 6.71. The number of rotatable bonds is 11. The van der Waals surface area contributed by atoms with Crippen molar-refractivity contribution in [2.75, 3.05) is 6.54 Å². The molecule has 0 aliphatic carbocycles. The van der Waals surface area contributed by atoms with Crippen LogP contribution in [0.4, 0.5) is 0 Å². The van der Waals surface area contributed by atoms with Crippen LogP contribution in [0.1, 0.15) is 85.0 Å². The van der Waals surface area contributed by atoms with E-state index in [1.807, 2.05) is 6.34 Å². The van der Waals surface area contributed by atoms with Gasteiger partial charge < -0.3 is 10.6 Å². The first-order valence-corrected chi connectivity index (χ1v) is 8.68. The topological polar surface area (TPSA) is 41.6 Å². The lowest BCUT2D eigenvalue weighted by Crippen LogP contribution is -2.53. The maximum atomic E-state index is 6.23. The van der Waals surface area contributed by atoms with Crippen LogP contribution in [0.3, 0.4) is 0 Å². The molecule has 0 bridgehead atoms. The molecule has 3 nitrogen and oxygen atoms in total. The molecule has 118 valence electrons. The SMILES string of the molecule is CCCCCCC(C)(CCCCCC)N1C=NCC1N. The Hall–Kier alpha value is -0.570. The third-order valence-electron chi connectivity index (χ3n) is 4.62. The molecule has 1 aliphatic rings. The summed E-state index contributed by atoms with van der Waals surface area (Å²) in [5, 5.41) is 0. The van der Waals surface area contributed by atoms with Gasteiger partial charge in [-0.3, -0.25) is 4.99 Å². The summed E-state index contributed by atoms with van der Waals surface area (Å²) in [5.74, 6) is 0. The lowest BCUT2D eigenvalue weighted by Gasteiger charge is -2.41. The Morgan fingerprint density at radius 2 is 1.60 bits per heavy atom. The Bertz CT molecular complexity index is 263. The van der Waals surface area contributed by atoms with E-state index in [4.69, 9.17) is 5.73 Å². The van der Waals surface area contributed by atoms with Gasteiger partial charge in [-0.2, -0.15) is 0 Å². The summed E-state index contributed by atoms with van der Waals surface area (Å²) >= 11 is 0. The van der Waals surface area contributed by atoms with Gasteiger partial charge in [0, 0.05) is 5.54 Å². The Labute approximate surface area is 126 Å². The zero-order valence-electron chi connectivity index (χ0n) is 13.9. The molecule has 3 heteroatoms. The number of aliphatic imine (C=N–C) groups is 1. The molecule has 0 radical (unpaired) electrons. The molecule has 1 heterocycles. The lowest BCUT2D eigenvalue weighted by molar-refractivity contribution is 0.134. The molecule has 0 saturated heterocycles. The maximum Gasteiger partial charge on any atom is 0.0983 e. The van der Waals surface area contributed by atoms with Crippen molar-refractivity contribution in [3.05, 3.63) is 0 Å². The minimum absolute atomic E-state index is 0.0948. The second kappa shape index (κ2) is 9.38. The molecular weight excluding hydrogens is 246 g/mol. The number of nitrogens with two attached hydrogens (primary N) is 1. The van der Waals surface area contributed by atoms with E-state index in [2.05, 4.69) is 30.7 Å².